The maximum absolute atomic E-state index is 13.1. The molecule has 1 aliphatic heterocycles. The summed E-state index contributed by atoms with van der Waals surface area (Å²) >= 11 is 6.12. The Hall–Kier alpha value is -3.23. The number of H-pyrrole nitrogens is 1. The van der Waals surface area contributed by atoms with Gasteiger partial charge in [-0.25, -0.2) is 0 Å². The summed E-state index contributed by atoms with van der Waals surface area (Å²) in [4.78, 5) is 30.8. The molecule has 1 amide bonds. The fourth-order valence-corrected chi connectivity index (χ4v) is 4.71. The Labute approximate surface area is 203 Å². The first-order valence-corrected chi connectivity index (χ1v) is 11.3. The van der Waals surface area contributed by atoms with Crippen LogP contribution in [-0.4, -0.2) is 61.7 Å². The molecule has 1 fully saturated rings. The minimum absolute atomic E-state index is 0.219. The van der Waals surface area contributed by atoms with Crippen LogP contribution in [0.15, 0.2) is 36.4 Å². The van der Waals surface area contributed by atoms with Crippen LogP contribution in [0.3, 0.4) is 0 Å². The highest BCUT2D eigenvalue weighted by atomic mass is 35.5. The van der Waals surface area contributed by atoms with Gasteiger partial charge < -0.3 is 24.5 Å². The Balaban J connectivity index is 1.52. The number of fused-ring (bicyclic) bond motifs is 1. The molecule has 2 N–H and O–H groups in total. The minimum Gasteiger partial charge on any atom is -0.497 e. The lowest BCUT2D eigenvalue weighted by Gasteiger charge is -2.22. The normalized spacial score (nSPS) is 18.1. The summed E-state index contributed by atoms with van der Waals surface area (Å²) in [6.45, 7) is 2.86. The first-order valence-electron chi connectivity index (χ1n) is 11.0. The number of likely N-dealkylation sites (tertiary alicyclic amines) is 1. The molecular weight excluding hydrogens is 458 g/mol. The number of aromatic nitrogens is 1. The minimum atomic E-state index is -0.477. The van der Waals surface area contributed by atoms with E-state index >= 15 is 0 Å². The summed E-state index contributed by atoms with van der Waals surface area (Å²) in [6.07, 6.45) is 0.449. The first kappa shape index (κ1) is 23.9. The first-order chi connectivity index (χ1) is 16.3. The van der Waals surface area contributed by atoms with Crippen LogP contribution in [-0.2, 0) is 16.1 Å². The number of halogens is 1. The Morgan fingerprint density at radius 3 is 2.47 bits per heavy atom. The molecule has 0 saturated carbocycles. The Morgan fingerprint density at radius 2 is 1.82 bits per heavy atom. The number of esters is 1. The highest BCUT2D eigenvalue weighted by molar-refractivity contribution is 6.31. The Bertz CT molecular complexity index is 1200. The monoisotopic (exact) mass is 485 g/mol. The maximum Gasteiger partial charge on any atom is 0.323 e. The smallest absolute Gasteiger partial charge is 0.323 e. The van der Waals surface area contributed by atoms with Gasteiger partial charge in [-0.2, -0.15) is 0 Å². The van der Waals surface area contributed by atoms with E-state index in [0.29, 0.717) is 41.7 Å². The zero-order valence-electron chi connectivity index (χ0n) is 19.6. The van der Waals surface area contributed by atoms with Crippen LogP contribution in [0.5, 0.6) is 11.5 Å². The largest absolute Gasteiger partial charge is 0.497 e. The molecule has 9 heteroatoms. The van der Waals surface area contributed by atoms with Crippen molar-refractivity contribution in [2.45, 2.75) is 32.0 Å². The molecule has 1 aromatic heterocycles. The highest BCUT2D eigenvalue weighted by Gasteiger charge is 2.38. The summed E-state index contributed by atoms with van der Waals surface area (Å²) in [5.74, 6) is 0.788. The fraction of sp³-hybridized carbons (Fsp3) is 0.360. The van der Waals surface area contributed by atoms with Crippen LogP contribution in [0.1, 0.15) is 28.0 Å². The quantitative estimate of drug-likeness (QED) is 0.496. The molecule has 0 radical (unpaired) electrons. The summed E-state index contributed by atoms with van der Waals surface area (Å²) in [6, 6.07) is 10.4. The van der Waals surface area contributed by atoms with E-state index in [9.17, 15) is 9.59 Å². The Kier molecular flexibility index (Phi) is 7.00. The molecule has 1 aliphatic rings. The van der Waals surface area contributed by atoms with Crippen LogP contribution >= 0.6 is 11.6 Å². The highest BCUT2D eigenvalue weighted by Crippen LogP contribution is 2.28. The van der Waals surface area contributed by atoms with E-state index in [2.05, 4.69) is 10.3 Å². The lowest BCUT2D eigenvalue weighted by molar-refractivity contribution is -0.146. The van der Waals surface area contributed by atoms with Crippen molar-refractivity contribution in [1.82, 2.24) is 15.2 Å². The van der Waals surface area contributed by atoms with Crippen molar-refractivity contribution in [3.63, 3.8) is 0 Å². The standard InChI is InChI=1S/C25H28ClN3O5/c1-14-20-9-16(26)5-6-21(20)28-23(14)24(30)27-17-10-22(25(31)34-4)29(13-17)12-15-7-18(32-2)11-19(8-15)33-3/h5-9,11,17,22,28H,10,12-13H2,1-4H3,(H,27,30)/t17-,22+/m1/s1. The molecular formula is C25H28ClN3O5. The lowest BCUT2D eigenvalue weighted by atomic mass is 10.1. The van der Waals surface area contributed by atoms with Crippen molar-refractivity contribution in [3.05, 3.63) is 58.2 Å². The predicted molar refractivity (Wildman–Crippen MR) is 130 cm³/mol. The zero-order valence-corrected chi connectivity index (χ0v) is 20.4. The van der Waals surface area contributed by atoms with E-state index in [1.165, 1.54) is 7.11 Å². The van der Waals surface area contributed by atoms with Crippen LogP contribution in [0.2, 0.25) is 5.02 Å². The third-order valence-corrected chi connectivity index (χ3v) is 6.49. The number of aryl methyl sites for hydroxylation is 1. The van der Waals surface area contributed by atoms with Gasteiger partial charge in [-0.05, 0) is 54.8 Å². The van der Waals surface area contributed by atoms with Gasteiger partial charge in [-0.15, -0.1) is 0 Å². The number of hydrogen-bond donors (Lipinski definition) is 2. The van der Waals surface area contributed by atoms with Crippen LogP contribution in [0.25, 0.3) is 10.9 Å². The summed E-state index contributed by atoms with van der Waals surface area (Å²) in [5.41, 5.74) is 3.10. The second-order valence-electron chi connectivity index (χ2n) is 8.41. The van der Waals surface area contributed by atoms with Crippen LogP contribution in [0, 0.1) is 6.92 Å². The number of ether oxygens (including phenoxy) is 3. The maximum atomic E-state index is 13.1. The van der Waals surface area contributed by atoms with E-state index in [1.807, 2.05) is 36.1 Å². The molecule has 8 nitrogen and oxygen atoms in total. The number of carbonyl (C=O) groups is 2. The number of aromatic amines is 1. The molecule has 2 heterocycles. The lowest BCUT2D eigenvalue weighted by Crippen LogP contribution is -2.38. The molecule has 2 aromatic carbocycles. The molecule has 2 atom stereocenters. The Morgan fingerprint density at radius 1 is 1.12 bits per heavy atom. The SMILES string of the molecule is COC(=O)[C@@H]1C[C@@H](NC(=O)c2[nH]c3ccc(Cl)cc3c2C)CN1Cc1cc(OC)cc(OC)c1. The third-order valence-electron chi connectivity index (χ3n) is 6.26. The number of carbonyl (C=O) groups excluding carboxylic acids is 2. The van der Waals surface area contributed by atoms with Gasteiger partial charge in [-0.3, -0.25) is 14.5 Å². The third kappa shape index (κ3) is 4.83. The molecule has 180 valence electrons. The topological polar surface area (TPSA) is 92.9 Å². The van der Waals surface area contributed by atoms with Gasteiger partial charge >= 0.3 is 5.97 Å². The van der Waals surface area contributed by atoms with Crippen molar-refractivity contribution in [1.29, 1.82) is 0 Å². The summed E-state index contributed by atoms with van der Waals surface area (Å²) in [7, 11) is 4.56. The number of nitrogens with one attached hydrogen (secondary N) is 2. The van der Waals surface area contributed by atoms with Crippen LogP contribution in [0.4, 0.5) is 0 Å². The number of hydrogen-bond acceptors (Lipinski definition) is 6. The van der Waals surface area contributed by atoms with Crippen molar-refractivity contribution in [2.24, 2.45) is 0 Å². The second-order valence-corrected chi connectivity index (χ2v) is 8.85. The fourth-order valence-electron chi connectivity index (χ4n) is 4.54. The van der Waals surface area contributed by atoms with Crippen LogP contribution < -0.4 is 14.8 Å². The molecule has 4 rings (SSSR count). The van der Waals surface area contributed by atoms with Crippen molar-refractivity contribution in [2.75, 3.05) is 27.9 Å². The van der Waals surface area contributed by atoms with Gasteiger partial charge in [0.25, 0.3) is 5.91 Å². The predicted octanol–water partition coefficient (Wildman–Crippen LogP) is 3.69. The number of amides is 1. The second kappa shape index (κ2) is 9.95. The number of rotatable bonds is 7. The van der Waals surface area contributed by atoms with Gasteiger partial charge in [0.1, 0.15) is 23.2 Å². The van der Waals surface area contributed by atoms with Gasteiger partial charge in [0.2, 0.25) is 0 Å². The van der Waals surface area contributed by atoms with E-state index in [0.717, 1.165) is 22.0 Å². The van der Waals surface area contributed by atoms with E-state index in [-0.39, 0.29) is 17.9 Å². The number of nitrogens with zero attached hydrogens (tertiary/aromatic N) is 1. The van der Waals surface area contributed by atoms with E-state index < -0.39 is 6.04 Å². The molecule has 0 aliphatic carbocycles. The van der Waals surface area contributed by atoms with Gasteiger partial charge in [-0.1, -0.05) is 11.6 Å². The molecule has 0 bridgehead atoms. The molecule has 1 saturated heterocycles. The zero-order chi connectivity index (χ0) is 24.4. The molecule has 3 aromatic rings. The number of benzene rings is 2. The van der Waals surface area contributed by atoms with E-state index in [4.69, 9.17) is 25.8 Å². The number of methoxy groups -OCH3 is 3. The van der Waals surface area contributed by atoms with Crippen molar-refractivity contribution >= 4 is 34.4 Å². The molecule has 34 heavy (non-hydrogen) atoms. The van der Waals surface area contributed by atoms with Gasteiger partial charge in [0, 0.05) is 41.1 Å². The molecule has 0 spiro atoms. The summed E-state index contributed by atoms with van der Waals surface area (Å²) < 4.78 is 15.8. The summed E-state index contributed by atoms with van der Waals surface area (Å²) in [5, 5.41) is 4.60. The van der Waals surface area contributed by atoms with Gasteiger partial charge in [0.15, 0.2) is 0 Å². The average molecular weight is 486 g/mol. The van der Waals surface area contributed by atoms with Crippen molar-refractivity contribution < 1.29 is 23.8 Å². The molecule has 0 unspecified atom stereocenters. The van der Waals surface area contributed by atoms with Gasteiger partial charge in [0.05, 0.1) is 21.3 Å². The average Bonchev–Trinajstić information content (AvgIpc) is 3.38. The van der Waals surface area contributed by atoms with E-state index in [1.54, 1.807) is 26.4 Å². The van der Waals surface area contributed by atoms with Crippen molar-refractivity contribution in [3.8, 4) is 11.5 Å².